The lowest BCUT2D eigenvalue weighted by Crippen LogP contribution is -3.16. The van der Waals surface area contributed by atoms with Crippen molar-refractivity contribution in [3.05, 3.63) is 41.5 Å². The van der Waals surface area contributed by atoms with Gasteiger partial charge < -0.3 is 15.1 Å². The zero-order valence-electron chi connectivity index (χ0n) is 17.8. The Morgan fingerprint density at radius 1 is 1.07 bits per heavy atom. The van der Waals surface area contributed by atoms with Gasteiger partial charge >= 0.3 is 6.03 Å². The first-order valence-corrected chi connectivity index (χ1v) is 11.0. The standard InChI is InChI=1S/C23H32N4O3/c1-18(28)20-7-9-21(10-8-20)27-15-13-26(14-16-27)17-22(29)25-23(30)24-12-11-19-5-3-2-4-6-19/h5,7-10H,2-4,6,11-17H2,1H3,(H2,24,25,29,30)/p+1. The van der Waals surface area contributed by atoms with Gasteiger partial charge in [-0.05, 0) is 63.3 Å². The Kier molecular flexibility index (Phi) is 8.02. The minimum atomic E-state index is -0.403. The van der Waals surface area contributed by atoms with Crippen LogP contribution in [0.15, 0.2) is 35.9 Å². The van der Waals surface area contributed by atoms with Crippen molar-refractivity contribution < 1.29 is 19.3 Å². The largest absolute Gasteiger partial charge is 0.360 e. The molecule has 1 aliphatic carbocycles. The molecular formula is C23H33N4O3+. The second-order valence-corrected chi connectivity index (χ2v) is 8.18. The summed E-state index contributed by atoms with van der Waals surface area (Å²) in [5, 5.41) is 5.24. The molecule has 3 N–H and O–H groups in total. The summed E-state index contributed by atoms with van der Waals surface area (Å²) in [5.74, 6) is -0.171. The molecule has 0 unspecified atom stereocenters. The number of allylic oxidation sites excluding steroid dienone is 1. The molecule has 1 saturated heterocycles. The number of ketones is 1. The molecule has 0 aromatic heterocycles. The molecule has 1 aliphatic heterocycles. The molecule has 0 saturated carbocycles. The van der Waals surface area contributed by atoms with Gasteiger partial charge in [-0.1, -0.05) is 11.6 Å². The minimum absolute atomic E-state index is 0.0666. The van der Waals surface area contributed by atoms with E-state index >= 15 is 0 Å². The maximum absolute atomic E-state index is 12.2. The third kappa shape index (κ3) is 6.69. The van der Waals surface area contributed by atoms with Crippen molar-refractivity contribution in [1.82, 2.24) is 10.6 Å². The average Bonchev–Trinajstić information content (AvgIpc) is 2.75. The highest BCUT2D eigenvalue weighted by Gasteiger charge is 2.23. The number of nitrogens with one attached hydrogen (secondary N) is 3. The highest BCUT2D eigenvalue weighted by molar-refractivity contribution is 5.95. The number of urea groups is 1. The lowest BCUT2D eigenvalue weighted by atomic mass is 9.97. The molecule has 1 heterocycles. The number of amides is 3. The van der Waals surface area contributed by atoms with Gasteiger partial charge in [-0.25, -0.2) is 4.79 Å². The van der Waals surface area contributed by atoms with Gasteiger partial charge in [0.25, 0.3) is 5.91 Å². The molecule has 7 nitrogen and oxygen atoms in total. The minimum Gasteiger partial charge on any atom is -0.360 e. The number of benzene rings is 1. The molecule has 0 atom stereocenters. The molecule has 1 aromatic carbocycles. The Balaban J connectivity index is 1.33. The molecular weight excluding hydrogens is 380 g/mol. The van der Waals surface area contributed by atoms with Crippen LogP contribution in [0.2, 0.25) is 0 Å². The van der Waals surface area contributed by atoms with Gasteiger partial charge in [-0.2, -0.15) is 0 Å². The first-order valence-electron chi connectivity index (χ1n) is 11.0. The monoisotopic (exact) mass is 413 g/mol. The van der Waals surface area contributed by atoms with Gasteiger partial charge in [0.15, 0.2) is 12.3 Å². The van der Waals surface area contributed by atoms with E-state index in [1.807, 2.05) is 24.3 Å². The van der Waals surface area contributed by atoms with E-state index in [4.69, 9.17) is 0 Å². The van der Waals surface area contributed by atoms with E-state index in [-0.39, 0.29) is 11.7 Å². The predicted octanol–water partition coefficient (Wildman–Crippen LogP) is 1.31. The number of Topliss-reactive ketones (excluding diaryl/α,β-unsaturated/α-hetero) is 1. The Hall–Kier alpha value is -2.67. The zero-order chi connectivity index (χ0) is 21.3. The summed E-state index contributed by atoms with van der Waals surface area (Å²) in [6.45, 7) is 5.77. The summed E-state index contributed by atoms with van der Waals surface area (Å²) in [4.78, 5) is 39.0. The molecule has 0 spiro atoms. The second-order valence-electron chi connectivity index (χ2n) is 8.18. The summed E-state index contributed by atoms with van der Waals surface area (Å²) >= 11 is 0. The third-order valence-corrected chi connectivity index (χ3v) is 5.89. The number of nitrogens with zero attached hydrogens (tertiary/aromatic N) is 1. The molecule has 1 aromatic rings. The summed E-state index contributed by atoms with van der Waals surface area (Å²) in [7, 11) is 0. The number of quaternary nitrogens is 1. The number of hydrogen-bond donors (Lipinski definition) is 3. The normalized spacial score (nSPS) is 17.2. The fourth-order valence-corrected chi connectivity index (χ4v) is 4.08. The Morgan fingerprint density at radius 3 is 2.43 bits per heavy atom. The smallest absolute Gasteiger partial charge is 0.321 e. The van der Waals surface area contributed by atoms with Crippen LogP contribution in [0.25, 0.3) is 0 Å². The molecule has 7 heteroatoms. The fourth-order valence-electron chi connectivity index (χ4n) is 4.08. The van der Waals surface area contributed by atoms with E-state index in [9.17, 15) is 14.4 Å². The highest BCUT2D eigenvalue weighted by Crippen LogP contribution is 2.19. The lowest BCUT2D eigenvalue weighted by molar-refractivity contribution is -0.892. The van der Waals surface area contributed by atoms with E-state index < -0.39 is 6.03 Å². The van der Waals surface area contributed by atoms with Crippen LogP contribution in [-0.2, 0) is 4.79 Å². The molecule has 1 fully saturated rings. The van der Waals surface area contributed by atoms with Crippen molar-refractivity contribution in [2.45, 2.75) is 39.0 Å². The first-order chi connectivity index (χ1) is 14.5. The third-order valence-electron chi connectivity index (χ3n) is 5.89. The summed E-state index contributed by atoms with van der Waals surface area (Å²) < 4.78 is 0. The summed E-state index contributed by atoms with van der Waals surface area (Å²) in [6, 6.07) is 7.26. The Labute approximate surface area is 178 Å². The SMILES string of the molecule is CC(=O)c1ccc(N2CC[NH+](CC(=O)NC(=O)NCCC3=CCCCC3)CC2)cc1. The maximum Gasteiger partial charge on any atom is 0.321 e. The van der Waals surface area contributed by atoms with E-state index in [1.54, 1.807) is 6.92 Å². The number of imide groups is 1. The molecule has 162 valence electrons. The van der Waals surface area contributed by atoms with Gasteiger partial charge in [0.2, 0.25) is 0 Å². The zero-order valence-corrected chi connectivity index (χ0v) is 17.8. The van der Waals surface area contributed by atoms with Crippen LogP contribution in [0.4, 0.5) is 10.5 Å². The van der Waals surface area contributed by atoms with Gasteiger partial charge in [-0.3, -0.25) is 14.9 Å². The van der Waals surface area contributed by atoms with Crippen LogP contribution in [-0.4, -0.2) is 57.0 Å². The number of hydrogen-bond acceptors (Lipinski definition) is 4. The topological polar surface area (TPSA) is 83.0 Å². The van der Waals surface area contributed by atoms with Crippen LogP contribution in [0.1, 0.15) is 49.4 Å². The predicted molar refractivity (Wildman–Crippen MR) is 117 cm³/mol. The van der Waals surface area contributed by atoms with Crippen LogP contribution in [0, 0.1) is 0 Å². The Morgan fingerprint density at radius 2 is 1.80 bits per heavy atom. The summed E-state index contributed by atoms with van der Waals surface area (Å²) in [5.41, 5.74) is 3.22. The second kappa shape index (κ2) is 10.9. The number of carbonyl (C=O) groups excluding carboxylic acids is 3. The maximum atomic E-state index is 12.2. The Bertz CT molecular complexity index is 780. The number of rotatable bonds is 7. The molecule has 2 aliphatic rings. The number of piperazine rings is 1. The van der Waals surface area contributed by atoms with Crippen molar-refractivity contribution in [2.75, 3.05) is 44.2 Å². The molecule has 0 radical (unpaired) electrons. The van der Waals surface area contributed by atoms with E-state index in [0.29, 0.717) is 18.7 Å². The van der Waals surface area contributed by atoms with Crippen molar-refractivity contribution >= 4 is 23.4 Å². The fraction of sp³-hybridized carbons (Fsp3) is 0.522. The van der Waals surface area contributed by atoms with Gasteiger partial charge in [0.1, 0.15) is 0 Å². The quantitative estimate of drug-likeness (QED) is 0.465. The summed E-state index contributed by atoms with van der Waals surface area (Å²) in [6.07, 6.45) is 7.89. The van der Waals surface area contributed by atoms with E-state index in [1.165, 1.54) is 23.3 Å². The molecule has 0 bridgehead atoms. The van der Waals surface area contributed by atoms with Crippen LogP contribution in [0.5, 0.6) is 0 Å². The molecule has 3 amide bonds. The van der Waals surface area contributed by atoms with Crippen molar-refractivity contribution in [2.24, 2.45) is 0 Å². The first kappa shape index (κ1) is 22.0. The number of anilines is 1. The van der Waals surface area contributed by atoms with Crippen LogP contribution >= 0.6 is 0 Å². The molecule has 3 rings (SSSR count). The van der Waals surface area contributed by atoms with E-state index in [2.05, 4.69) is 21.6 Å². The molecule has 30 heavy (non-hydrogen) atoms. The van der Waals surface area contributed by atoms with Crippen LogP contribution in [0.3, 0.4) is 0 Å². The van der Waals surface area contributed by atoms with Gasteiger partial charge in [-0.15, -0.1) is 0 Å². The van der Waals surface area contributed by atoms with Crippen LogP contribution < -0.4 is 20.4 Å². The highest BCUT2D eigenvalue weighted by atomic mass is 16.2. The van der Waals surface area contributed by atoms with Gasteiger partial charge in [0.05, 0.1) is 26.2 Å². The average molecular weight is 414 g/mol. The van der Waals surface area contributed by atoms with Crippen molar-refractivity contribution in [3.63, 3.8) is 0 Å². The van der Waals surface area contributed by atoms with Gasteiger partial charge in [0, 0.05) is 17.8 Å². The number of carbonyl (C=O) groups is 3. The van der Waals surface area contributed by atoms with E-state index in [0.717, 1.165) is 51.1 Å². The van der Waals surface area contributed by atoms with Crippen molar-refractivity contribution in [1.29, 1.82) is 0 Å². The lowest BCUT2D eigenvalue weighted by Gasteiger charge is -2.33. The van der Waals surface area contributed by atoms with Crippen molar-refractivity contribution in [3.8, 4) is 0 Å².